The van der Waals surface area contributed by atoms with Gasteiger partial charge in [-0.1, -0.05) is 135 Å². The van der Waals surface area contributed by atoms with Crippen LogP contribution in [0.15, 0.2) is 90.2 Å². The highest BCUT2D eigenvalue weighted by molar-refractivity contribution is 5.98. The summed E-state index contributed by atoms with van der Waals surface area (Å²) in [5.41, 5.74) is 18.6. The molecule has 38 heavy (non-hydrogen) atoms. The Labute approximate surface area is 230 Å². The van der Waals surface area contributed by atoms with E-state index in [2.05, 4.69) is 147 Å². The minimum absolute atomic E-state index is 0.0495. The van der Waals surface area contributed by atoms with Crippen LogP contribution in [0.25, 0.3) is 22.3 Å². The average molecular weight is 499 g/mol. The molecule has 194 valence electrons. The molecule has 2 aliphatic carbocycles. The van der Waals surface area contributed by atoms with Crippen molar-refractivity contribution in [1.29, 1.82) is 0 Å². The van der Waals surface area contributed by atoms with Crippen LogP contribution in [-0.2, 0) is 22.7 Å². The van der Waals surface area contributed by atoms with Gasteiger partial charge in [0, 0.05) is 5.57 Å². The maximum Gasteiger partial charge on any atom is 0.0281 e. The van der Waals surface area contributed by atoms with Gasteiger partial charge in [-0.2, -0.15) is 0 Å². The molecule has 3 aromatic rings. The van der Waals surface area contributed by atoms with E-state index in [-0.39, 0.29) is 16.2 Å². The Morgan fingerprint density at radius 2 is 1.24 bits per heavy atom. The van der Waals surface area contributed by atoms with Crippen molar-refractivity contribution in [3.63, 3.8) is 0 Å². The van der Waals surface area contributed by atoms with Gasteiger partial charge in [0.05, 0.1) is 0 Å². The molecule has 0 atom stereocenters. The molecule has 0 spiro atoms. The Morgan fingerprint density at radius 1 is 0.632 bits per heavy atom. The van der Waals surface area contributed by atoms with E-state index in [0.29, 0.717) is 0 Å². The summed E-state index contributed by atoms with van der Waals surface area (Å²) in [7, 11) is 0. The molecule has 0 fully saturated rings. The van der Waals surface area contributed by atoms with E-state index in [0.717, 1.165) is 6.42 Å². The number of hydrogen-bond acceptors (Lipinski definition) is 0. The Morgan fingerprint density at radius 3 is 1.87 bits per heavy atom. The van der Waals surface area contributed by atoms with Crippen molar-refractivity contribution in [2.45, 2.75) is 85.0 Å². The van der Waals surface area contributed by atoms with Crippen molar-refractivity contribution in [1.82, 2.24) is 0 Å². The van der Waals surface area contributed by atoms with E-state index in [9.17, 15) is 0 Å². The van der Waals surface area contributed by atoms with Crippen LogP contribution in [0.5, 0.6) is 0 Å². The van der Waals surface area contributed by atoms with Crippen LogP contribution in [0.1, 0.15) is 95.7 Å². The van der Waals surface area contributed by atoms with E-state index < -0.39 is 0 Å². The van der Waals surface area contributed by atoms with Gasteiger partial charge in [0.1, 0.15) is 0 Å². The number of benzene rings is 3. The highest BCUT2D eigenvalue weighted by Crippen LogP contribution is 2.46. The summed E-state index contributed by atoms with van der Waals surface area (Å²) in [6.45, 7) is 21.0. The molecule has 0 heterocycles. The van der Waals surface area contributed by atoms with Crippen molar-refractivity contribution in [2.75, 3.05) is 0 Å². The molecule has 3 aromatic carbocycles. The predicted molar refractivity (Wildman–Crippen MR) is 166 cm³/mol. The SMILES string of the molecule is CC(C)(C)c1cc(-c2cccc(C3=C=CC=CC4=C3Cc3ccccc34)c2C(C)(C)C)cc(C(C)(C)C)c1. The fourth-order valence-corrected chi connectivity index (χ4v) is 5.86. The topological polar surface area (TPSA) is 0 Å². The van der Waals surface area contributed by atoms with Crippen LogP contribution in [0.2, 0.25) is 0 Å². The summed E-state index contributed by atoms with van der Waals surface area (Å²) in [5, 5.41) is 0. The molecule has 0 nitrogen and oxygen atoms in total. The first-order chi connectivity index (χ1) is 17.7. The fraction of sp³-hybridized carbons (Fsp3) is 0.342. The Bertz CT molecular complexity index is 1510. The van der Waals surface area contributed by atoms with Gasteiger partial charge in [-0.15, -0.1) is 5.73 Å². The van der Waals surface area contributed by atoms with Crippen molar-refractivity contribution < 1.29 is 0 Å². The van der Waals surface area contributed by atoms with E-state index in [1.165, 1.54) is 61.2 Å². The van der Waals surface area contributed by atoms with Gasteiger partial charge in [0.2, 0.25) is 0 Å². The zero-order valence-electron chi connectivity index (χ0n) is 24.7. The second kappa shape index (κ2) is 9.14. The first-order valence-corrected chi connectivity index (χ1v) is 14.0. The maximum absolute atomic E-state index is 3.71. The smallest absolute Gasteiger partial charge is 0.0281 e. The number of rotatable bonds is 2. The van der Waals surface area contributed by atoms with Crippen LogP contribution in [0.3, 0.4) is 0 Å². The standard InChI is InChI=1S/C38H42/c1-36(2,3)27-21-26(22-28(24-27)37(4,5)6)30-19-14-20-33(35(30)38(7,8)9)32-18-13-12-17-31-29-16-11-10-15-25(29)23-34(31)32/h10-17,19-22,24H,23H2,1-9H3. The molecule has 0 saturated carbocycles. The van der Waals surface area contributed by atoms with Gasteiger partial charge in [0.25, 0.3) is 0 Å². The van der Waals surface area contributed by atoms with E-state index in [1.54, 1.807) is 0 Å². The highest BCUT2D eigenvalue weighted by Gasteiger charge is 2.30. The maximum atomic E-state index is 3.71. The van der Waals surface area contributed by atoms with Gasteiger partial charge < -0.3 is 0 Å². The molecule has 0 saturated heterocycles. The largest absolute Gasteiger partial charge is 0.112 e. The minimum Gasteiger partial charge on any atom is -0.112 e. The number of allylic oxidation sites excluding steroid dienone is 5. The second-order valence-corrected chi connectivity index (χ2v) is 14.0. The zero-order valence-corrected chi connectivity index (χ0v) is 24.7. The molecule has 0 amide bonds. The minimum atomic E-state index is -0.0495. The molecule has 0 aromatic heterocycles. The Balaban J connectivity index is 1.77. The average Bonchev–Trinajstić information content (AvgIpc) is 3.07. The lowest BCUT2D eigenvalue weighted by Crippen LogP contribution is -2.18. The van der Waals surface area contributed by atoms with Crippen LogP contribution in [0.4, 0.5) is 0 Å². The fourth-order valence-electron chi connectivity index (χ4n) is 5.86. The summed E-state index contributed by atoms with van der Waals surface area (Å²) in [4.78, 5) is 0. The summed E-state index contributed by atoms with van der Waals surface area (Å²) in [6.07, 6.45) is 7.46. The van der Waals surface area contributed by atoms with Crippen LogP contribution in [-0.4, -0.2) is 0 Å². The van der Waals surface area contributed by atoms with Crippen LogP contribution < -0.4 is 0 Å². The molecule has 0 aliphatic heterocycles. The quantitative estimate of drug-likeness (QED) is 0.308. The van der Waals surface area contributed by atoms with Gasteiger partial charge in [-0.05, 0) is 84.4 Å². The highest BCUT2D eigenvalue weighted by atomic mass is 14.3. The first-order valence-electron chi connectivity index (χ1n) is 14.0. The first kappa shape index (κ1) is 26.3. The molecule has 0 radical (unpaired) electrons. The molecule has 0 N–H and O–H groups in total. The third kappa shape index (κ3) is 4.79. The van der Waals surface area contributed by atoms with E-state index in [1.807, 2.05) is 0 Å². The monoisotopic (exact) mass is 498 g/mol. The lowest BCUT2D eigenvalue weighted by atomic mass is 9.74. The van der Waals surface area contributed by atoms with Crippen LogP contribution in [0, 0.1) is 0 Å². The number of hydrogen-bond donors (Lipinski definition) is 0. The van der Waals surface area contributed by atoms with Crippen molar-refractivity contribution in [3.05, 3.63) is 124 Å². The molecule has 0 heteroatoms. The normalized spacial score (nSPS) is 15.3. The lowest BCUT2D eigenvalue weighted by Gasteiger charge is -2.30. The molecular formula is C38H42. The summed E-state index contributed by atoms with van der Waals surface area (Å²) >= 11 is 0. The van der Waals surface area contributed by atoms with Gasteiger partial charge in [-0.3, -0.25) is 0 Å². The third-order valence-corrected chi connectivity index (χ3v) is 7.95. The van der Waals surface area contributed by atoms with E-state index in [4.69, 9.17) is 0 Å². The lowest BCUT2D eigenvalue weighted by molar-refractivity contribution is 0.568. The van der Waals surface area contributed by atoms with E-state index >= 15 is 0 Å². The summed E-state index contributed by atoms with van der Waals surface area (Å²) < 4.78 is 0. The van der Waals surface area contributed by atoms with Gasteiger partial charge in [0.15, 0.2) is 0 Å². The summed E-state index contributed by atoms with van der Waals surface area (Å²) in [5.74, 6) is 0. The number of fused-ring (bicyclic) bond motifs is 2. The molecule has 5 rings (SSSR count). The van der Waals surface area contributed by atoms with Crippen molar-refractivity contribution >= 4 is 11.1 Å². The predicted octanol–water partition coefficient (Wildman–Crippen LogP) is 10.4. The Hall–Kier alpha value is -3.34. The van der Waals surface area contributed by atoms with Crippen LogP contribution >= 0.6 is 0 Å². The summed E-state index contributed by atoms with van der Waals surface area (Å²) in [6, 6.07) is 23.0. The zero-order chi connectivity index (χ0) is 27.5. The molecular weight excluding hydrogens is 456 g/mol. The van der Waals surface area contributed by atoms with Gasteiger partial charge in [-0.25, -0.2) is 0 Å². The van der Waals surface area contributed by atoms with Gasteiger partial charge >= 0.3 is 0 Å². The molecule has 0 unspecified atom stereocenters. The molecule has 2 aliphatic rings. The molecule has 0 bridgehead atoms. The Kier molecular flexibility index (Phi) is 6.32. The van der Waals surface area contributed by atoms with Crippen molar-refractivity contribution in [3.8, 4) is 11.1 Å². The second-order valence-electron chi connectivity index (χ2n) is 14.0. The third-order valence-electron chi connectivity index (χ3n) is 7.95. The van der Waals surface area contributed by atoms with Crippen molar-refractivity contribution in [2.24, 2.45) is 0 Å².